The minimum absolute atomic E-state index is 0.436. The molecule has 0 unspecified atom stereocenters. The van der Waals surface area contributed by atoms with Crippen LogP contribution in [0.5, 0.6) is 0 Å². The van der Waals surface area contributed by atoms with E-state index in [-0.39, 0.29) is 0 Å². The lowest BCUT2D eigenvalue weighted by atomic mass is 9.88. The van der Waals surface area contributed by atoms with Gasteiger partial charge in [0.05, 0.1) is 29.5 Å². The summed E-state index contributed by atoms with van der Waals surface area (Å²) in [5, 5.41) is 0.550. The molecule has 0 radical (unpaired) electrons. The minimum atomic E-state index is -0.436. The third-order valence-electron chi connectivity index (χ3n) is 2.31. The summed E-state index contributed by atoms with van der Waals surface area (Å²) < 4.78 is 5.06. The summed E-state index contributed by atoms with van der Waals surface area (Å²) >= 11 is 5.88. The van der Waals surface area contributed by atoms with Crippen LogP contribution >= 0.6 is 11.6 Å². The second-order valence-electron chi connectivity index (χ2n) is 3.35. The van der Waals surface area contributed by atoms with Gasteiger partial charge in [0, 0.05) is 5.56 Å². The number of nitrogens with two attached hydrogens (primary N) is 2. The van der Waals surface area contributed by atoms with E-state index in [2.05, 4.69) is 0 Å². The smallest absolute Gasteiger partial charge is 0.0904 e. The SMILES string of the molecule is Nc1c(Cl)cccc1C1(N)COC1. The summed E-state index contributed by atoms with van der Waals surface area (Å²) in [5.41, 5.74) is 12.9. The Kier molecular flexibility index (Phi) is 1.95. The molecule has 1 heterocycles. The number of para-hydroxylation sites is 1. The molecule has 4 N–H and O–H groups in total. The van der Waals surface area contributed by atoms with Crippen molar-refractivity contribution in [1.82, 2.24) is 0 Å². The highest BCUT2D eigenvalue weighted by Gasteiger charge is 2.37. The molecule has 2 rings (SSSR count). The lowest BCUT2D eigenvalue weighted by Crippen LogP contribution is -2.54. The molecule has 0 aromatic heterocycles. The van der Waals surface area contributed by atoms with Crippen LogP contribution in [-0.4, -0.2) is 13.2 Å². The number of benzene rings is 1. The van der Waals surface area contributed by atoms with Gasteiger partial charge in [0.1, 0.15) is 0 Å². The molecule has 1 aromatic carbocycles. The van der Waals surface area contributed by atoms with Crippen molar-refractivity contribution >= 4 is 17.3 Å². The highest BCUT2D eigenvalue weighted by Crippen LogP contribution is 2.34. The maximum Gasteiger partial charge on any atom is 0.0904 e. The predicted molar refractivity (Wildman–Crippen MR) is 52.5 cm³/mol. The van der Waals surface area contributed by atoms with Gasteiger partial charge < -0.3 is 16.2 Å². The molecule has 0 aliphatic carbocycles. The molecule has 1 aromatic rings. The van der Waals surface area contributed by atoms with Crippen LogP contribution in [0.25, 0.3) is 0 Å². The molecule has 0 spiro atoms. The first-order valence-electron chi connectivity index (χ1n) is 4.04. The van der Waals surface area contributed by atoms with Crippen molar-refractivity contribution < 1.29 is 4.74 Å². The molecule has 1 aliphatic heterocycles. The van der Waals surface area contributed by atoms with Gasteiger partial charge in [-0.25, -0.2) is 0 Å². The molecule has 0 saturated carbocycles. The zero-order chi connectivity index (χ0) is 9.47. The van der Waals surface area contributed by atoms with Crippen molar-refractivity contribution in [1.29, 1.82) is 0 Å². The van der Waals surface area contributed by atoms with Crippen molar-refractivity contribution in [3.8, 4) is 0 Å². The first-order chi connectivity index (χ1) is 6.13. The zero-order valence-electron chi connectivity index (χ0n) is 7.09. The molecule has 3 nitrogen and oxygen atoms in total. The van der Waals surface area contributed by atoms with Gasteiger partial charge in [-0.1, -0.05) is 23.7 Å². The number of nitrogen functional groups attached to an aromatic ring is 1. The van der Waals surface area contributed by atoms with Gasteiger partial charge in [0.25, 0.3) is 0 Å². The molecule has 1 aliphatic rings. The fourth-order valence-electron chi connectivity index (χ4n) is 1.45. The maximum atomic E-state index is 6.03. The van der Waals surface area contributed by atoms with Crippen molar-refractivity contribution in [3.63, 3.8) is 0 Å². The second kappa shape index (κ2) is 2.87. The van der Waals surface area contributed by atoms with Gasteiger partial charge in [0.2, 0.25) is 0 Å². The summed E-state index contributed by atoms with van der Waals surface area (Å²) in [6.07, 6.45) is 0. The van der Waals surface area contributed by atoms with E-state index in [9.17, 15) is 0 Å². The van der Waals surface area contributed by atoms with E-state index in [1.165, 1.54) is 0 Å². The highest BCUT2D eigenvalue weighted by molar-refractivity contribution is 6.33. The third kappa shape index (κ3) is 1.29. The van der Waals surface area contributed by atoms with E-state index in [4.69, 9.17) is 27.8 Å². The second-order valence-corrected chi connectivity index (χ2v) is 3.76. The van der Waals surface area contributed by atoms with E-state index in [1.54, 1.807) is 6.07 Å². The van der Waals surface area contributed by atoms with Gasteiger partial charge in [-0.15, -0.1) is 0 Å². The van der Waals surface area contributed by atoms with E-state index >= 15 is 0 Å². The number of rotatable bonds is 1. The Hall–Kier alpha value is -0.770. The van der Waals surface area contributed by atoms with Gasteiger partial charge in [-0.2, -0.15) is 0 Å². The van der Waals surface area contributed by atoms with Crippen molar-refractivity contribution in [2.45, 2.75) is 5.54 Å². The normalized spacial score (nSPS) is 19.5. The van der Waals surface area contributed by atoms with Crippen LogP contribution in [0.1, 0.15) is 5.56 Å². The Labute approximate surface area is 81.6 Å². The Morgan fingerprint density at radius 3 is 2.62 bits per heavy atom. The van der Waals surface area contributed by atoms with Crippen LogP contribution in [-0.2, 0) is 10.3 Å². The lowest BCUT2D eigenvalue weighted by Gasteiger charge is -2.38. The topological polar surface area (TPSA) is 61.3 Å². The number of hydrogen-bond donors (Lipinski definition) is 2. The van der Waals surface area contributed by atoms with E-state index in [0.29, 0.717) is 23.9 Å². The quantitative estimate of drug-likeness (QED) is 0.665. The van der Waals surface area contributed by atoms with Crippen molar-refractivity contribution in [2.24, 2.45) is 5.73 Å². The van der Waals surface area contributed by atoms with E-state index < -0.39 is 5.54 Å². The van der Waals surface area contributed by atoms with Crippen LogP contribution in [0.15, 0.2) is 18.2 Å². The fraction of sp³-hybridized carbons (Fsp3) is 0.333. The summed E-state index contributed by atoms with van der Waals surface area (Å²) in [6.45, 7) is 1.02. The molecule has 4 heteroatoms. The van der Waals surface area contributed by atoms with E-state index in [1.807, 2.05) is 12.1 Å². The average molecular weight is 199 g/mol. The number of ether oxygens (including phenoxy) is 1. The van der Waals surface area contributed by atoms with Crippen LogP contribution in [0.2, 0.25) is 5.02 Å². The molecule has 0 amide bonds. The van der Waals surface area contributed by atoms with Crippen molar-refractivity contribution in [2.75, 3.05) is 18.9 Å². The monoisotopic (exact) mass is 198 g/mol. The van der Waals surface area contributed by atoms with Gasteiger partial charge in [0.15, 0.2) is 0 Å². The molecule has 1 saturated heterocycles. The molecule has 13 heavy (non-hydrogen) atoms. The maximum absolute atomic E-state index is 6.03. The molecular formula is C9H11ClN2O. The zero-order valence-corrected chi connectivity index (χ0v) is 7.84. The van der Waals surface area contributed by atoms with Gasteiger partial charge in [-0.3, -0.25) is 0 Å². The number of anilines is 1. The average Bonchev–Trinajstić information content (AvgIpc) is 2.06. The molecule has 0 atom stereocenters. The standard InChI is InChI=1S/C9H11ClN2O/c10-7-3-1-2-6(8(7)11)9(12)4-13-5-9/h1-3H,4-5,11-12H2. The first-order valence-corrected chi connectivity index (χ1v) is 4.42. The fourth-order valence-corrected chi connectivity index (χ4v) is 1.62. The number of halogens is 1. The van der Waals surface area contributed by atoms with Crippen molar-refractivity contribution in [3.05, 3.63) is 28.8 Å². The van der Waals surface area contributed by atoms with Crippen LogP contribution in [0.3, 0.4) is 0 Å². The molecule has 1 fully saturated rings. The Morgan fingerprint density at radius 2 is 2.08 bits per heavy atom. The molecule has 70 valence electrons. The van der Waals surface area contributed by atoms with Crippen LogP contribution < -0.4 is 11.5 Å². The lowest BCUT2D eigenvalue weighted by molar-refractivity contribution is -0.0565. The number of hydrogen-bond acceptors (Lipinski definition) is 3. The van der Waals surface area contributed by atoms with Crippen LogP contribution in [0, 0.1) is 0 Å². The third-order valence-corrected chi connectivity index (χ3v) is 2.64. The summed E-state index contributed by atoms with van der Waals surface area (Å²) in [6, 6.07) is 5.49. The first kappa shape index (κ1) is 8.81. The Bertz CT molecular complexity index is 336. The summed E-state index contributed by atoms with van der Waals surface area (Å²) in [7, 11) is 0. The summed E-state index contributed by atoms with van der Waals surface area (Å²) in [4.78, 5) is 0. The van der Waals surface area contributed by atoms with E-state index in [0.717, 1.165) is 5.56 Å². The Balaban J connectivity index is 2.45. The Morgan fingerprint density at radius 1 is 1.38 bits per heavy atom. The highest BCUT2D eigenvalue weighted by atomic mass is 35.5. The summed E-state index contributed by atoms with van der Waals surface area (Å²) in [5.74, 6) is 0. The van der Waals surface area contributed by atoms with Crippen LogP contribution in [0.4, 0.5) is 5.69 Å². The van der Waals surface area contributed by atoms with Gasteiger partial charge >= 0.3 is 0 Å². The molecular weight excluding hydrogens is 188 g/mol. The predicted octanol–water partition coefficient (Wildman–Crippen LogP) is 1.11. The molecule has 0 bridgehead atoms. The van der Waals surface area contributed by atoms with Gasteiger partial charge in [-0.05, 0) is 6.07 Å². The minimum Gasteiger partial charge on any atom is -0.397 e. The largest absolute Gasteiger partial charge is 0.397 e.